The van der Waals surface area contributed by atoms with Crippen molar-refractivity contribution in [1.82, 2.24) is 20.4 Å². The van der Waals surface area contributed by atoms with E-state index in [0.29, 0.717) is 5.56 Å². The highest BCUT2D eigenvalue weighted by atomic mass is 19.1. The normalized spacial score (nSPS) is 15.3. The van der Waals surface area contributed by atoms with Gasteiger partial charge in [-0.25, -0.2) is 4.39 Å². The zero-order valence-corrected chi connectivity index (χ0v) is 16.4. The third-order valence-electron chi connectivity index (χ3n) is 5.24. The Morgan fingerprint density at radius 2 is 1.86 bits per heavy atom. The zero-order chi connectivity index (χ0) is 20.2. The lowest BCUT2D eigenvalue weighted by molar-refractivity contribution is 0.0946. The van der Waals surface area contributed by atoms with E-state index in [0.717, 1.165) is 49.2 Å². The van der Waals surface area contributed by atoms with Gasteiger partial charge in [-0.3, -0.25) is 4.79 Å². The highest BCUT2D eigenvalue weighted by molar-refractivity contribution is 6.07. The van der Waals surface area contributed by atoms with E-state index in [9.17, 15) is 9.18 Å². The molecular weight excluding hydrogens is 369 g/mol. The summed E-state index contributed by atoms with van der Waals surface area (Å²) < 4.78 is 13.4. The van der Waals surface area contributed by atoms with Gasteiger partial charge < -0.3 is 15.1 Å². The van der Waals surface area contributed by atoms with Crippen LogP contribution in [0.4, 0.5) is 10.2 Å². The molecule has 1 N–H and O–H groups in total. The molecule has 1 saturated heterocycles. The van der Waals surface area contributed by atoms with Crippen molar-refractivity contribution in [3.05, 3.63) is 65.6 Å². The van der Waals surface area contributed by atoms with Gasteiger partial charge in [0.25, 0.3) is 5.91 Å². The molecule has 1 amide bonds. The summed E-state index contributed by atoms with van der Waals surface area (Å²) in [6, 6.07) is 13.9. The van der Waals surface area contributed by atoms with Crippen LogP contribution in [-0.2, 0) is 6.54 Å². The van der Waals surface area contributed by atoms with E-state index >= 15 is 0 Å². The molecule has 2 aromatic carbocycles. The molecule has 2 heterocycles. The molecule has 0 saturated carbocycles. The minimum Gasteiger partial charge on any atom is -0.353 e. The fraction of sp³-hybridized carbons (Fsp3) is 0.318. The van der Waals surface area contributed by atoms with Crippen molar-refractivity contribution >= 4 is 22.5 Å². The molecule has 0 spiro atoms. The number of benzene rings is 2. The predicted molar refractivity (Wildman–Crippen MR) is 111 cm³/mol. The molecule has 4 rings (SSSR count). The predicted octanol–water partition coefficient (Wildman–Crippen LogP) is 2.84. The Morgan fingerprint density at radius 3 is 2.69 bits per heavy atom. The molecule has 1 fully saturated rings. The third-order valence-corrected chi connectivity index (χ3v) is 5.24. The molecule has 29 heavy (non-hydrogen) atoms. The van der Waals surface area contributed by atoms with Crippen LogP contribution in [-0.4, -0.2) is 54.2 Å². The molecule has 1 aromatic heterocycles. The number of halogens is 1. The first-order valence-corrected chi connectivity index (χ1v) is 9.83. The number of aromatic nitrogens is 2. The maximum Gasteiger partial charge on any atom is 0.272 e. The monoisotopic (exact) mass is 393 g/mol. The summed E-state index contributed by atoms with van der Waals surface area (Å²) >= 11 is 0. The molecule has 0 atom stereocenters. The largest absolute Gasteiger partial charge is 0.353 e. The average molecular weight is 393 g/mol. The summed E-state index contributed by atoms with van der Waals surface area (Å²) in [5.74, 6) is 0.173. The molecule has 0 unspecified atom stereocenters. The van der Waals surface area contributed by atoms with Crippen molar-refractivity contribution in [2.45, 2.75) is 13.0 Å². The Morgan fingerprint density at radius 1 is 1.03 bits per heavy atom. The number of nitrogens with zero attached hydrogens (tertiary/aromatic N) is 4. The molecular formula is C22H24FN5O. The number of carbonyl (C=O) groups is 1. The van der Waals surface area contributed by atoms with Gasteiger partial charge in [-0.05, 0) is 37.7 Å². The van der Waals surface area contributed by atoms with Crippen molar-refractivity contribution in [2.75, 3.05) is 38.1 Å². The lowest BCUT2D eigenvalue weighted by atomic mass is 10.1. The van der Waals surface area contributed by atoms with Crippen molar-refractivity contribution in [1.29, 1.82) is 0 Å². The zero-order valence-electron chi connectivity index (χ0n) is 16.4. The van der Waals surface area contributed by atoms with Crippen molar-refractivity contribution in [2.24, 2.45) is 0 Å². The number of hydrogen-bond acceptors (Lipinski definition) is 5. The number of fused-ring (bicyclic) bond motifs is 1. The van der Waals surface area contributed by atoms with Crippen LogP contribution in [0.5, 0.6) is 0 Å². The first-order chi connectivity index (χ1) is 14.1. The molecule has 0 radical (unpaired) electrons. The minimum atomic E-state index is -0.325. The molecule has 1 aliphatic heterocycles. The Bertz CT molecular complexity index is 1030. The minimum absolute atomic E-state index is 0.229. The Balaban J connectivity index is 1.60. The number of anilines is 1. The summed E-state index contributed by atoms with van der Waals surface area (Å²) in [7, 11) is 2.12. The maximum atomic E-state index is 13.4. The molecule has 1 aliphatic rings. The van der Waals surface area contributed by atoms with Gasteiger partial charge >= 0.3 is 0 Å². The van der Waals surface area contributed by atoms with Crippen LogP contribution in [0.1, 0.15) is 22.5 Å². The Hall–Kier alpha value is -3.06. The number of rotatable bonds is 4. The van der Waals surface area contributed by atoms with E-state index in [4.69, 9.17) is 0 Å². The molecule has 3 aromatic rings. The molecule has 0 bridgehead atoms. The highest BCUT2D eigenvalue weighted by Gasteiger charge is 2.20. The smallest absolute Gasteiger partial charge is 0.272 e. The molecule has 0 aliphatic carbocycles. The fourth-order valence-corrected chi connectivity index (χ4v) is 3.66. The number of likely N-dealkylation sites (N-methyl/N-ethyl adjacent to an activating group) is 1. The van der Waals surface area contributed by atoms with Crippen LogP contribution in [0, 0.1) is 5.82 Å². The van der Waals surface area contributed by atoms with E-state index in [1.54, 1.807) is 12.1 Å². The van der Waals surface area contributed by atoms with E-state index in [1.165, 1.54) is 12.1 Å². The van der Waals surface area contributed by atoms with Crippen LogP contribution in [0.3, 0.4) is 0 Å². The maximum absolute atomic E-state index is 13.4. The highest BCUT2D eigenvalue weighted by Crippen LogP contribution is 2.26. The first-order valence-electron chi connectivity index (χ1n) is 9.83. The van der Waals surface area contributed by atoms with Gasteiger partial charge in [0.2, 0.25) is 0 Å². The molecule has 7 heteroatoms. The quantitative estimate of drug-likeness (QED) is 0.739. The summed E-state index contributed by atoms with van der Waals surface area (Å²) in [6.07, 6.45) is 1.06. The number of carbonyl (C=O) groups excluding carboxylic acids is 1. The second-order valence-corrected chi connectivity index (χ2v) is 7.37. The second-order valence-electron chi connectivity index (χ2n) is 7.37. The van der Waals surface area contributed by atoms with Gasteiger partial charge in [0, 0.05) is 37.0 Å². The van der Waals surface area contributed by atoms with E-state index in [-0.39, 0.29) is 24.0 Å². The van der Waals surface area contributed by atoms with Crippen LogP contribution in [0.15, 0.2) is 48.5 Å². The molecule has 150 valence electrons. The number of amides is 1. The van der Waals surface area contributed by atoms with E-state index in [1.807, 2.05) is 24.3 Å². The molecule has 6 nitrogen and oxygen atoms in total. The van der Waals surface area contributed by atoms with Crippen LogP contribution < -0.4 is 10.2 Å². The van der Waals surface area contributed by atoms with Crippen LogP contribution in [0.2, 0.25) is 0 Å². The van der Waals surface area contributed by atoms with E-state index < -0.39 is 0 Å². The fourth-order valence-electron chi connectivity index (χ4n) is 3.66. The van der Waals surface area contributed by atoms with E-state index in [2.05, 4.69) is 32.4 Å². The van der Waals surface area contributed by atoms with Gasteiger partial charge in [0.15, 0.2) is 11.5 Å². The van der Waals surface area contributed by atoms with Gasteiger partial charge in [0.05, 0.1) is 0 Å². The SMILES string of the molecule is CN1CCCN(c2nnc(C(=O)NCc3cccc(F)c3)c3ccccc23)CC1. The summed E-state index contributed by atoms with van der Waals surface area (Å²) in [4.78, 5) is 17.3. The lowest BCUT2D eigenvalue weighted by Crippen LogP contribution is -2.30. The Labute approximate surface area is 169 Å². The summed E-state index contributed by atoms with van der Waals surface area (Å²) in [6.45, 7) is 4.04. The van der Waals surface area contributed by atoms with Crippen molar-refractivity contribution < 1.29 is 9.18 Å². The average Bonchev–Trinajstić information content (AvgIpc) is 2.95. The van der Waals surface area contributed by atoms with Crippen molar-refractivity contribution in [3.8, 4) is 0 Å². The van der Waals surface area contributed by atoms with Gasteiger partial charge in [-0.2, -0.15) is 0 Å². The van der Waals surface area contributed by atoms with Gasteiger partial charge in [-0.1, -0.05) is 36.4 Å². The first kappa shape index (κ1) is 19.3. The van der Waals surface area contributed by atoms with Crippen molar-refractivity contribution in [3.63, 3.8) is 0 Å². The van der Waals surface area contributed by atoms with Crippen LogP contribution in [0.25, 0.3) is 10.8 Å². The van der Waals surface area contributed by atoms with Gasteiger partial charge in [-0.15, -0.1) is 10.2 Å². The summed E-state index contributed by atoms with van der Waals surface area (Å²) in [5.41, 5.74) is 0.980. The Kier molecular flexibility index (Phi) is 5.67. The second kappa shape index (κ2) is 8.53. The van der Waals surface area contributed by atoms with Gasteiger partial charge in [0.1, 0.15) is 5.82 Å². The third kappa shape index (κ3) is 4.35. The number of hydrogen-bond donors (Lipinski definition) is 1. The summed E-state index contributed by atoms with van der Waals surface area (Å²) in [5, 5.41) is 13.2. The lowest BCUT2D eigenvalue weighted by Gasteiger charge is -2.23. The van der Waals surface area contributed by atoms with Crippen LogP contribution >= 0.6 is 0 Å². The standard InChI is InChI=1S/C22H24FN5O/c1-27-10-5-11-28(13-12-27)21-19-9-3-2-8-18(19)20(25-26-21)22(29)24-15-16-6-4-7-17(23)14-16/h2-4,6-9,14H,5,10-13,15H2,1H3,(H,24,29). The topological polar surface area (TPSA) is 61.4 Å². The number of nitrogens with one attached hydrogen (secondary N) is 1.